The minimum absolute atomic E-state index is 0.421. The Bertz CT molecular complexity index is 489. The number of H-pyrrole nitrogens is 1. The van der Waals surface area contributed by atoms with Crippen LogP contribution < -0.4 is 5.73 Å². The molecule has 0 aliphatic heterocycles. The number of methoxy groups -OCH3 is 1. The summed E-state index contributed by atoms with van der Waals surface area (Å²) in [7, 11) is 1.63. The monoisotopic (exact) mass is 236 g/mol. The molecule has 0 atom stereocenters. The Morgan fingerprint density at radius 2 is 2.29 bits per heavy atom. The molecule has 0 aromatic carbocycles. The lowest BCUT2D eigenvalue weighted by Gasteiger charge is -2.07. The van der Waals surface area contributed by atoms with E-state index in [0.29, 0.717) is 19.7 Å². The van der Waals surface area contributed by atoms with Gasteiger partial charge in [0.2, 0.25) is 0 Å². The summed E-state index contributed by atoms with van der Waals surface area (Å²) in [4.78, 5) is 0. The Morgan fingerprint density at radius 3 is 2.88 bits per heavy atom. The molecule has 0 fully saturated rings. The number of nitrogens with zero attached hydrogens (tertiary/aromatic N) is 4. The molecule has 2 aromatic rings. The van der Waals surface area contributed by atoms with Crippen molar-refractivity contribution in [1.29, 1.82) is 0 Å². The number of ether oxygens (including phenoxy) is 1. The Labute approximate surface area is 99.0 Å². The molecule has 0 radical (unpaired) electrons. The first-order valence-corrected chi connectivity index (χ1v) is 5.39. The predicted molar refractivity (Wildman–Crippen MR) is 62.1 cm³/mol. The fourth-order valence-electron chi connectivity index (χ4n) is 1.71. The lowest BCUT2D eigenvalue weighted by Crippen LogP contribution is -2.14. The zero-order valence-electron chi connectivity index (χ0n) is 9.97. The Hall–Kier alpha value is -1.73. The van der Waals surface area contributed by atoms with Crippen LogP contribution in [0.3, 0.4) is 0 Å². The Balaban J connectivity index is 2.43. The van der Waals surface area contributed by atoms with Gasteiger partial charge in [-0.3, -0.25) is 5.10 Å². The third-order valence-corrected chi connectivity index (χ3v) is 2.52. The quantitative estimate of drug-likeness (QED) is 0.766. The minimum Gasteiger partial charge on any atom is -0.377 e. The standard InChI is InChI=1S/C10H16N6O/c1-7-8(5-12-13-7)10-15-14-9(6-17-2)16(10)4-3-11/h5H,3-4,6,11H2,1-2H3,(H,12,13). The van der Waals surface area contributed by atoms with E-state index in [4.69, 9.17) is 10.5 Å². The molecule has 7 heteroatoms. The smallest absolute Gasteiger partial charge is 0.167 e. The number of aromatic nitrogens is 5. The zero-order chi connectivity index (χ0) is 12.3. The molecule has 2 heterocycles. The first kappa shape index (κ1) is 11.7. The van der Waals surface area contributed by atoms with Crippen molar-refractivity contribution in [3.05, 3.63) is 17.7 Å². The number of aromatic amines is 1. The van der Waals surface area contributed by atoms with Gasteiger partial charge in [-0.15, -0.1) is 10.2 Å². The van der Waals surface area contributed by atoms with Crippen molar-refractivity contribution in [3.8, 4) is 11.4 Å². The molecule has 0 unspecified atom stereocenters. The van der Waals surface area contributed by atoms with Crippen LogP contribution in [0.4, 0.5) is 0 Å². The fraction of sp³-hybridized carbons (Fsp3) is 0.500. The molecule has 0 saturated heterocycles. The van der Waals surface area contributed by atoms with Gasteiger partial charge in [-0.25, -0.2) is 0 Å². The Kier molecular flexibility index (Phi) is 3.50. The van der Waals surface area contributed by atoms with Crippen LogP contribution in [0, 0.1) is 6.92 Å². The molecule has 2 rings (SSSR count). The second-order valence-corrected chi connectivity index (χ2v) is 3.72. The molecular weight excluding hydrogens is 220 g/mol. The van der Waals surface area contributed by atoms with Crippen LogP contribution in [-0.4, -0.2) is 38.6 Å². The molecule has 17 heavy (non-hydrogen) atoms. The molecule has 0 bridgehead atoms. The molecule has 92 valence electrons. The van der Waals surface area contributed by atoms with Crippen LogP contribution in [0.2, 0.25) is 0 Å². The molecule has 3 N–H and O–H groups in total. The van der Waals surface area contributed by atoms with Crippen molar-refractivity contribution in [2.75, 3.05) is 13.7 Å². The average molecular weight is 236 g/mol. The predicted octanol–water partition coefficient (Wildman–Crippen LogP) is 0.0817. The van der Waals surface area contributed by atoms with E-state index in [1.165, 1.54) is 0 Å². The molecular formula is C10H16N6O. The van der Waals surface area contributed by atoms with Crippen molar-refractivity contribution < 1.29 is 4.74 Å². The topological polar surface area (TPSA) is 94.6 Å². The van der Waals surface area contributed by atoms with Gasteiger partial charge in [0.15, 0.2) is 11.6 Å². The number of nitrogens with one attached hydrogen (secondary N) is 1. The minimum atomic E-state index is 0.421. The van der Waals surface area contributed by atoms with Gasteiger partial charge in [0, 0.05) is 25.9 Å². The maximum absolute atomic E-state index is 5.60. The van der Waals surface area contributed by atoms with Gasteiger partial charge in [-0.05, 0) is 6.92 Å². The Morgan fingerprint density at radius 1 is 1.47 bits per heavy atom. The van der Waals surface area contributed by atoms with Gasteiger partial charge in [0.1, 0.15) is 6.61 Å². The van der Waals surface area contributed by atoms with Crippen LogP contribution in [0.1, 0.15) is 11.5 Å². The first-order chi connectivity index (χ1) is 8.27. The average Bonchev–Trinajstić information content (AvgIpc) is 2.88. The highest BCUT2D eigenvalue weighted by Gasteiger charge is 2.15. The van der Waals surface area contributed by atoms with Crippen LogP contribution in [-0.2, 0) is 17.9 Å². The van der Waals surface area contributed by atoms with E-state index < -0.39 is 0 Å². The lowest BCUT2D eigenvalue weighted by atomic mass is 10.2. The number of aryl methyl sites for hydroxylation is 1. The maximum Gasteiger partial charge on any atom is 0.167 e. The highest BCUT2D eigenvalue weighted by molar-refractivity contribution is 5.56. The second-order valence-electron chi connectivity index (χ2n) is 3.72. The fourth-order valence-corrected chi connectivity index (χ4v) is 1.71. The largest absolute Gasteiger partial charge is 0.377 e. The lowest BCUT2D eigenvalue weighted by molar-refractivity contribution is 0.174. The molecule has 0 aliphatic carbocycles. The van der Waals surface area contributed by atoms with Gasteiger partial charge in [0.25, 0.3) is 0 Å². The van der Waals surface area contributed by atoms with E-state index in [2.05, 4.69) is 20.4 Å². The highest BCUT2D eigenvalue weighted by Crippen LogP contribution is 2.20. The van der Waals surface area contributed by atoms with Crippen LogP contribution >= 0.6 is 0 Å². The van der Waals surface area contributed by atoms with Gasteiger partial charge in [0.05, 0.1) is 11.8 Å². The summed E-state index contributed by atoms with van der Waals surface area (Å²) in [6.45, 7) is 3.55. The van der Waals surface area contributed by atoms with Crippen molar-refractivity contribution in [3.63, 3.8) is 0 Å². The molecule has 2 aromatic heterocycles. The summed E-state index contributed by atoms with van der Waals surface area (Å²) in [5, 5.41) is 15.2. The van der Waals surface area contributed by atoms with Crippen LogP contribution in [0.25, 0.3) is 11.4 Å². The number of hydrogen-bond acceptors (Lipinski definition) is 5. The van der Waals surface area contributed by atoms with E-state index in [1.54, 1.807) is 13.3 Å². The zero-order valence-corrected chi connectivity index (χ0v) is 9.97. The summed E-state index contributed by atoms with van der Waals surface area (Å²) >= 11 is 0. The second kappa shape index (κ2) is 5.07. The summed E-state index contributed by atoms with van der Waals surface area (Å²) < 4.78 is 7.05. The molecule has 0 spiro atoms. The molecule has 0 aliphatic rings. The number of hydrogen-bond donors (Lipinski definition) is 2. The highest BCUT2D eigenvalue weighted by atomic mass is 16.5. The first-order valence-electron chi connectivity index (χ1n) is 5.39. The molecule has 0 saturated carbocycles. The van der Waals surface area contributed by atoms with Crippen molar-refractivity contribution in [2.24, 2.45) is 5.73 Å². The van der Waals surface area contributed by atoms with E-state index in [-0.39, 0.29) is 0 Å². The van der Waals surface area contributed by atoms with Crippen molar-refractivity contribution >= 4 is 0 Å². The van der Waals surface area contributed by atoms with Gasteiger partial charge in [-0.2, -0.15) is 5.10 Å². The van der Waals surface area contributed by atoms with Gasteiger partial charge < -0.3 is 15.0 Å². The summed E-state index contributed by atoms with van der Waals surface area (Å²) in [6.07, 6.45) is 1.74. The summed E-state index contributed by atoms with van der Waals surface area (Å²) in [5.41, 5.74) is 7.50. The van der Waals surface area contributed by atoms with Crippen LogP contribution in [0.15, 0.2) is 6.20 Å². The van der Waals surface area contributed by atoms with Gasteiger partial charge >= 0.3 is 0 Å². The van der Waals surface area contributed by atoms with E-state index >= 15 is 0 Å². The third kappa shape index (κ3) is 2.20. The van der Waals surface area contributed by atoms with Crippen molar-refractivity contribution in [2.45, 2.75) is 20.1 Å². The number of nitrogens with two attached hydrogens (primary N) is 1. The van der Waals surface area contributed by atoms with E-state index in [0.717, 1.165) is 22.9 Å². The third-order valence-electron chi connectivity index (χ3n) is 2.52. The summed E-state index contributed by atoms with van der Waals surface area (Å²) in [5.74, 6) is 1.54. The van der Waals surface area contributed by atoms with Crippen molar-refractivity contribution in [1.82, 2.24) is 25.0 Å². The SMILES string of the molecule is COCc1nnc(-c2cn[nH]c2C)n1CCN. The molecule has 0 amide bonds. The van der Waals surface area contributed by atoms with Crippen LogP contribution in [0.5, 0.6) is 0 Å². The number of rotatable bonds is 5. The van der Waals surface area contributed by atoms with Gasteiger partial charge in [-0.1, -0.05) is 0 Å². The normalized spacial score (nSPS) is 11.0. The van der Waals surface area contributed by atoms with E-state index in [1.807, 2.05) is 11.5 Å². The maximum atomic E-state index is 5.60. The van der Waals surface area contributed by atoms with E-state index in [9.17, 15) is 0 Å². The summed E-state index contributed by atoms with van der Waals surface area (Å²) in [6, 6.07) is 0. The molecule has 7 nitrogen and oxygen atoms in total.